The smallest absolute Gasteiger partial charge is 0.240 e. The maximum atomic E-state index is 11.7. The van der Waals surface area contributed by atoms with E-state index < -0.39 is 10.0 Å². The third-order valence-electron chi connectivity index (χ3n) is 4.73. The van der Waals surface area contributed by atoms with Crippen LogP contribution in [-0.4, -0.2) is 46.5 Å². The molecule has 0 radical (unpaired) electrons. The number of sulfonamides is 1. The van der Waals surface area contributed by atoms with Gasteiger partial charge in [-0.05, 0) is 49.4 Å². The summed E-state index contributed by atoms with van der Waals surface area (Å²) in [7, 11) is -1.61. The van der Waals surface area contributed by atoms with E-state index in [4.69, 9.17) is 5.14 Å². The van der Waals surface area contributed by atoms with Crippen molar-refractivity contribution in [2.24, 2.45) is 5.14 Å². The summed E-state index contributed by atoms with van der Waals surface area (Å²) in [6, 6.07) is 13.5. The Labute approximate surface area is 155 Å². The van der Waals surface area contributed by atoms with Gasteiger partial charge in [0.2, 0.25) is 10.0 Å². The standard InChI is InChI=1S/C19H26N4O2S/c1-15-3-8-19(26(20,24)25)18(13-15)21-14-16-4-6-17(7-5-16)23-11-9-22(2)10-12-23/h3-8,13,21H,9-12,14H2,1-2H3,(H2,20,24,25). The van der Waals surface area contributed by atoms with Gasteiger partial charge in [-0.3, -0.25) is 0 Å². The van der Waals surface area contributed by atoms with Gasteiger partial charge in [0, 0.05) is 38.4 Å². The van der Waals surface area contributed by atoms with E-state index in [0.29, 0.717) is 12.2 Å². The highest BCUT2D eigenvalue weighted by atomic mass is 32.2. The molecule has 140 valence electrons. The second-order valence-corrected chi connectivity index (χ2v) is 8.38. The molecule has 3 rings (SSSR count). The number of hydrogen-bond donors (Lipinski definition) is 2. The Hall–Kier alpha value is -2.09. The molecule has 6 nitrogen and oxygen atoms in total. The van der Waals surface area contributed by atoms with Gasteiger partial charge in [-0.2, -0.15) is 0 Å². The first-order valence-corrected chi connectivity index (χ1v) is 10.3. The van der Waals surface area contributed by atoms with E-state index in [1.54, 1.807) is 18.2 Å². The molecular formula is C19H26N4O2S. The molecule has 2 aromatic carbocycles. The average molecular weight is 375 g/mol. The lowest BCUT2D eigenvalue weighted by Gasteiger charge is -2.34. The van der Waals surface area contributed by atoms with Gasteiger partial charge < -0.3 is 15.1 Å². The Morgan fingerprint density at radius 3 is 2.31 bits per heavy atom. The van der Waals surface area contributed by atoms with Gasteiger partial charge in [-0.15, -0.1) is 0 Å². The number of benzene rings is 2. The molecule has 0 saturated carbocycles. The van der Waals surface area contributed by atoms with Crippen molar-refractivity contribution in [1.82, 2.24) is 4.90 Å². The lowest BCUT2D eigenvalue weighted by molar-refractivity contribution is 0.313. The molecule has 0 aliphatic carbocycles. The number of anilines is 2. The van der Waals surface area contributed by atoms with Gasteiger partial charge in [0.1, 0.15) is 4.90 Å². The van der Waals surface area contributed by atoms with Crippen molar-refractivity contribution in [3.05, 3.63) is 53.6 Å². The van der Waals surface area contributed by atoms with Crippen LogP contribution in [-0.2, 0) is 16.6 Å². The quantitative estimate of drug-likeness (QED) is 0.837. The van der Waals surface area contributed by atoms with E-state index in [9.17, 15) is 8.42 Å². The molecule has 1 aliphatic heterocycles. The molecule has 0 unspecified atom stereocenters. The van der Waals surface area contributed by atoms with Crippen LogP contribution in [0, 0.1) is 6.92 Å². The van der Waals surface area contributed by atoms with E-state index in [0.717, 1.165) is 37.3 Å². The first kappa shape index (κ1) is 18.7. The summed E-state index contributed by atoms with van der Waals surface area (Å²) in [6.07, 6.45) is 0. The third-order valence-corrected chi connectivity index (χ3v) is 5.70. The van der Waals surface area contributed by atoms with Crippen LogP contribution in [0.15, 0.2) is 47.4 Å². The zero-order chi connectivity index (χ0) is 18.7. The first-order valence-electron chi connectivity index (χ1n) is 8.73. The number of hydrogen-bond acceptors (Lipinski definition) is 5. The predicted octanol–water partition coefficient (Wildman–Crippen LogP) is 2.01. The van der Waals surface area contributed by atoms with Crippen LogP contribution in [0.25, 0.3) is 0 Å². The van der Waals surface area contributed by atoms with Crippen LogP contribution in [0.3, 0.4) is 0 Å². The molecule has 0 bridgehead atoms. The van der Waals surface area contributed by atoms with Crippen molar-refractivity contribution in [3.8, 4) is 0 Å². The molecule has 0 spiro atoms. The Morgan fingerprint density at radius 2 is 1.69 bits per heavy atom. The summed E-state index contributed by atoms with van der Waals surface area (Å²) < 4.78 is 23.5. The van der Waals surface area contributed by atoms with Crippen molar-refractivity contribution in [1.29, 1.82) is 0 Å². The highest BCUT2D eigenvalue weighted by Gasteiger charge is 2.15. The normalized spacial score (nSPS) is 15.9. The van der Waals surface area contributed by atoms with Crippen LogP contribution in [0.2, 0.25) is 0 Å². The lowest BCUT2D eigenvalue weighted by atomic mass is 10.1. The van der Waals surface area contributed by atoms with Crippen molar-refractivity contribution < 1.29 is 8.42 Å². The molecule has 3 N–H and O–H groups in total. The molecule has 26 heavy (non-hydrogen) atoms. The molecule has 1 aliphatic rings. The number of aryl methyl sites for hydroxylation is 1. The Kier molecular flexibility index (Phi) is 5.50. The fraction of sp³-hybridized carbons (Fsp3) is 0.368. The van der Waals surface area contributed by atoms with E-state index in [1.807, 2.05) is 6.92 Å². The second-order valence-electron chi connectivity index (χ2n) is 6.85. The summed E-state index contributed by atoms with van der Waals surface area (Å²) in [5, 5.41) is 8.51. The number of nitrogens with two attached hydrogens (primary N) is 1. The third kappa shape index (κ3) is 4.55. The fourth-order valence-electron chi connectivity index (χ4n) is 3.12. The van der Waals surface area contributed by atoms with Crippen molar-refractivity contribution in [2.75, 3.05) is 43.4 Å². The van der Waals surface area contributed by atoms with E-state index >= 15 is 0 Å². The van der Waals surface area contributed by atoms with Gasteiger partial charge >= 0.3 is 0 Å². The van der Waals surface area contributed by atoms with Crippen molar-refractivity contribution in [2.45, 2.75) is 18.4 Å². The molecule has 0 aromatic heterocycles. The highest BCUT2D eigenvalue weighted by Crippen LogP contribution is 2.23. The van der Waals surface area contributed by atoms with Crippen LogP contribution < -0.4 is 15.4 Å². The second kappa shape index (κ2) is 7.65. The summed E-state index contributed by atoms with van der Waals surface area (Å²) in [4.78, 5) is 4.84. The Bertz CT molecular complexity index is 858. The minimum Gasteiger partial charge on any atom is -0.380 e. The minimum atomic E-state index is -3.75. The fourth-order valence-corrected chi connectivity index (χ4v) is 3.81. The van der Waals surface area contributed by atoms with Gasteiger partial charge in [-0.1, -0.05) is 18.2 Å². The van der Waals surface area contributed by atoms with Crippen LogP contribution in [0.5, 0.6) is 0 Å². The molecule has 1 fully saturated rings. The predicted molar refractivity (Wildman–Crippen MR) is 106 cm³/mol. The van der Waals surface area contributed by atoms with Crippen LogP contribution >= 0.6 is 0 Å². The topological polar surface area (TPSA) is 78.7 Å². The molecule has 2 aromatic rings. The largest absolute Gasteiger partial charge is 0.380 e. The van der Waals surface area contributed by atoms with E-state index in [1.165, 1.54) is 5.69 Å². The zero-order valence-electron chi connectivity index (χ0n) is 15.3. The molecule has 0 amide bonds. The molecular weight excluding hydrogens is 348 g/mol. The van der Waals surface area contributed by atoms with Crippen molar-refractivity contribution in [3.63, 3.8) is 0 Å². The zero-order valence-corrected chi connectivity index (χ0v) is 16.1. The highest BCUT2D eigenvalue weighted by molar-refractivity contribution is 7.89. The Balaban J connectivity index is 1.68. The summed E-state index contributed by atoms with van der Waals surface area (Å²) >= 11 is 0. The minimum absolute atomic E-state index is 0.122. The van der Waals surface area contributed by atoms with Crippen molar-refractivity contribution >= 4 is 21.4 Å². The average Bonchev–Trinajstić information content (AvgIpc) is 2.60. The SMILES string of the molecule is Cc1ccc(S(N)(=O)=O)c(NCc2ccc(N3CCN(C)CC3)cc2)c1. The summed E-state index contributed by atoms with van der Waals surface area (Å²) in [5.41, 5.74) is 3.83. The van der Waals surface area contributed by atoms with E-state index in [2.05, 4.69) is 46.4 Å². The first-order chi connectivity index (χ1) is 12.3. The van der Waals surface area contributed by atoms with Gasteiger partial charge in [0.05, 0.1) is 5.69 Å². The number of nitrogens with one attached hydrogen (secondary N) is 1. The van der Waals surface area contributed by atoms with Gasteiger partial charge in [-0.25, -0.2) is 13.6 Å². The number of nitrogens with zero attached hydrogens (tertiary/aromatic N) is 2. The number of primary sulfonamides is 1. The number of piperazine rings is 1. The maximum absolute atomic E-state index is 11.7. The van der Waals surface area contributed by atoms with E-state index in [-0.39, 0.29) is 4.90 Å². The van der Waals surface area contributed by atoms with Crippen LogP contribution in [0.4, 0.5) is 11.4 Å². The molecule has 1 saturated heterocycles. The maximum Gasteiger partial charge on any atom is 0.240 e. The summed E-state index contributed by atoms with van der Waals surface area (Å²) in [5.74, 6) is 0. The number of rotatable bonds is 5. The Morgan fingerprint density at radius 1 is 1.04 bits per heavy atom. The lowest BCUT2D eigenvalue weighted by Crippen LogP contribution is -2.44. The van der Waals surface area contributed by atoms with Crippen LogP contribution in [0.1, 0.15) is 11.1 Å². The summed E-state index contributed by atoms with van der Waals surface area (Å²) in [6.45, 7) is 6.68. The molecule has 0 atom stereocenters. The monoisotopic (exact) mass is 374 g/mol. The molecule has 7 heteroatoms. The molecule has 1 heterocycles. The van der Waals surface area contributed by atoms with Gasteiger partial charge in [0.15, 0.2) is 0 Å². The number of likely N-dealkylation sites (N-methyl/N-ethyl adjacent to an activating group) is 1. The van der Waals surface area contributed by atoms with Gasteiger partial charge in [0.25, 0.3) is 0 Å².